The molecule has 0 radical (unpaired) electrons. The summed E-state index contributed by atoms with van der Waals surface area (Å²) in [7, 11) is 2.10. The van der Waals surface area contributed by atoms with E-state index in [4.69, 9.17) is 0 Å². The average Bonchev–Trinajstić information content (AvgIpc) is 3.25. The Morgan fingerprint density at radius 2 is 2.27 bits per heavy atom. The van der Waals surface area contributed by atoms with Crippen LogP contribution in [0.4, 0.5) is 5.13 Å². The zero-order valence-electron chi connectivity index (χ0n) is 14.8. The molecule has 0 atom stereocenters. The average molecular weight is 368 g/mol. The van der Waals surface area contributed by atoms with Gasteiger partial charge in [-0.25, -0.2) is 14.6 Å². The van der Waals surface area contributed by atoms with Gasteiger partial charge in [0, 0.05) is 30.6 Å². The lowest BCUT2D eigenvalue weighted by atomic mass is 10.2. The Kier molecular flexibility index (Phi) is 4.52. The molecule has 3 aromatic rings. The standard InChI is InChI=1S/C18H20N6OS/c1-3-14-12(10-20-24(14)16-6-4-5-8-19-16)17(25)22-18-21-13-7-9-23(2)11-15(13)26-18/h4-6,8,10H,3,7,9,11H2,1-2H3,(H,21,22,25). The van der Waals surface area contributed by atoms with Gasteiger partial charge in [0.05, 0.1) is 23.1 Å². The molecular weight excluding hydrogens is 348 g/mol. The Labute approximate surface area is 155 Å². The van der Waals surface area contributed by atoms with Crippen LogP contribution in [0.25, 0.3) is 5.82 Å². The topological polar surface area (TPSA) is 75.9 Å². The largest absolute Gasteiger partial charge is 0.301 e. The van der Waals surface area contributed by atoms with E-state index < -0.39 is 0 Å². The number of thiazole rings is 1. The van der Waals surface area contributed by atoms with E-state index in [-0.39, 0.29) is 5.91 Å². The van der Waals surface area contributed by atoms with Crippen molar-refractivity contribution >= 4 is 22.4 Å². The van der Waals surface area contributed by atoms with E-state index in [2.05, 4.69) is 32.3 Å². The lowest BCUT2D eigenvalue weighted by molar-refractivity contribution is 0.102. The van der Waals surface area contributed by atoms with Gasteiger partial charge in [0.25, 0.3) is 5.91 Å². The Morgan fingerprint density at radius 1 is 1.38 bits per heavy atom. The highest BCUT2D eigenvalue weighted by Crippen LogP contribution is 2.28. The van der Waals surface area contributed by atoms with Gasteiger partial charge in [-0.05, 0) is 25.6 Å². The number of anilines is 1. The van der Waals surface area contributed by atoms with Crippen LogP contribution < -0.4 is 5.32 Å². The van der Waals surface area contributed by atoms with Gasteiger partial charge in [0.1, 0.15) is 0 Å². The Bertz CT molecular complexity index is 933. The molecule has 1 aliphatic rings. The van der Waals surface area contributed by atoms with Crippen molar-refractivity contribution in [3.63, 3.8) is 0 Å². The molecule has 8 heteroatoms. The molecule has 0 aromatic carbocycles. The van der Waals surface area contributed by atoms with Crippen molar-refractivity contribution in [1.29, 1.82) is 0 Å². The number of carbonyl (C=O) groups is 1. The van der Waals surface area contributed by atoms with Gasteiger partial charge in [-0.1, -0.05) is 13.0 Å². The number of aromatic nitrogens is 4. The minimum Gasteiger partial charge on any atom is -0.301 e. The van der Waals surface area contributed by atoms with Crippen molar-refractivity contribution in [3.05, 3.63) is 52.4 Å². The second-order valence-electron chi connectivity index (χ2n) is 6.29. The number of rotatable bonds is 4. The first-order chi connectivity index (χ1) is 12.7. The summed E-state index contributed by atoms with van der Waals surface area (Å²) in [5.41, 5.74) is 2.49. The van der Waals surface area contributed by atoms with Crippen LogP contribution in [-0.2, 0) is 19.4 Å². The normalized spacial score (nSPS) is 14.2. The lowest BCUT2D eigenvalue weighted by Crippen LogP contribution is -2.25. The first-order valence-electron chi connectivity index (χ1n) is 8.62. The quantitative estimate of drug-likeness (QED) is 0.766. The van der Waals surface area contributed by atoms with Crippen molar-refractivity contribution in [2.45, 2.75) is 26.3 Å². The first kappa shape index (κ1) is 16.9. The van der Waals surface area contributed by atoms with Gasteiger partial charge < -0.3 is 4.90 Å². The number of nitrogens with one attached hydrogen (secondary N) is 1. The number of pyridine rings is 1. The molecule has 1 N–H and O–H groups in total. The summed E-state index contributed by atoms with van der Waals surface area (Å²) in [6.45, 7) is 3.90. The van der Waals surface area contributed by atoms with E-state index in [0.717, 1.165) is 30.9 Å². The maximum atomic E-state index is 12.8. The van der Waals surface area contributed by atoms with Gasteiger partial charge in [-0.3, -0.25) is 10.1 Å². The summed E-state index contributed by atoms with van der Waals surface area (Å²) in [6.07, 6.45) is 4.92. The molecular formula is C18H20N6OS. The summed E-state index contributed by atoms with van der Waals surface area (Å²) in [5.74, 6) is 0.527. The van der Waals surface area contributed by atoms with E-state index in [9.17, 15) is 4.79 Å². The van der Waals surface area contributed by atoms with Crippen LogP contribution in [0.2, 0.25) is 0 Å². The summed E-state index contributed by atoms with van der Waals surface area (Å²) in [5, 5.41) is 7.97. The van der Waals surface area contributed by atoms with Gasteiger partial charge in [-0.15, -0.1) is 11.3 Å². The van der Waals surface area contributed by atoms with Crippen LogP contribution in [0.1, 0.15) is 33.5 Å². The number of nitrogens with zero attached hydrogens (tertiary/aromatic N) is 5. The molecule has 0 bridgehead atoms. The molecule has 4 rings (SSSR count). The van der Waals surface area contributed by atoms with Crippen molar-refractivity contribution in [2.75, 3.05) is 18.9 Å². The second-order valence-corrected chi connectivity index (χ2v) is 7.37. The number of likely N-dealkylation sites (N-methyl/N-ethyl adjacent to an activating group) is 1. The molecule has 4 heterocycles. The summed E-state index contributed by atoms with van der Waals surface area (Å²) >= 11 is 1.55. The molecule has 0 spiro atoms. The minimum absolute atomic E-state index is 0.177. The predicted molar refractivity (Wildman–Crippen MR) is 101 cm³/mol. The lowest BCUT2D eigenvalue weighted by Gasteiger charge is -2.20. The maximum absolute atomic E-state index is 12.8. The molecule has 7 nitrogen and oxygen atoms in total. The summed E-state index contributed by atoms with van der Waals surface area (Å²) in [6, 6.07) is 5.63. The van der Waals surface area contributed by atoms with Gasteiger partial charge in [-0.2, -0.15) is 5.10 Å². The van der Waals surface area contributed by atoms with Gasteiger partial charge in [0.2, 0.25) is 0 Å². The van der Waals surface area contributed by atoms with Crippen LogP contribution in [0.3, 0.4) is 0 Å². The van der Waals surface area contributed by atoms with E-state index in [1.807, 2.05) is 25.1 Å². The fourth-order valence-corrected chi connectivity index (χ4v) is 4.20. The molecule has 26 heavy (non-hydrogen) atoms. The molecule has 1 aliphatic heterocycles. The number of amides is 1. The van der Waals surface area contributed by atoms with E-state index in [1.165, 1.54) is 4.88 Å². The monoisotopic (exact) mass is 368 g/mol. The third-order valence-electron chi connectivity index (χ3n) is 4.46. The van der Waals surface area contributed by atoms with Gasteiger partial charge >= 0.3 is 0 Å². The molecule has 0 unspecified atom stereocenters. The number of hydrogen-bond acceptors (Lipinski definition) is 6. The zero-order chi connectivity index (χ0) is 18.1. The minimum atomic E-state index is -0.177. The van der Waals surface area contributed by atoms with Crippen LogP contribution in [0.15, 0.2) is 30.6 Å². The number of fused-ring (bicyclic) bond motifs is 1. The molecule has 0 saturated carbocycles. The van der Waals surface area contributed by atoms with Crippen LogP contribution in [0.5, 0.6) is 0 Å². The molecule has 134 valence electrons. The number of carbonyl (C=O) groups excluding carboxylic acids is 1. The van der Waals surface area contributed by atoms with Crippen molar-refractivity contribution < 1.29 is 4.79 Å². The highest BCUT2D eigenvalue weighted by Gasteiger charge is 2.22. The molecule has 1 amide bonds. The fraction of sp³-hybridized carbons (Fsp3) is 0.333. The van der Waals surface area contributed by atoms with E-state index in [1.54, 1.807) is 28.4 Å². The van der Waals surface area contributed by atoms with Crippen molar-refractivity contribution in [1.82, 2.24) is 24.6 Å². The molecule has 3 aromatic heterocycles. The highest BCUT2D eigenvalue weighted by atomic mass is 32.1. The van der Waals surface area contributed by atoms with Crippen molar-refractivity contribution in [3.8, 4) is 5.82 Å². The third-order valence-corrected chi connectivity index (χ3v) is 5.46. The fourth-order valence-electron chi connectivity index (χ4n) is 3.12. The smallest absolute Gasteiger partial charge is 0.260 e. The third kappa shape index (κ3) is 3.13. The molecule has 0 aliphatic carbocycles. The Hall–Kier alpha value is -2.58. The number of hydrogen-bond donors (Lipinski definition) is 1. The summed E-state index contributed by atoms with van der Waals surface area (Å²) in [4.78, 5) is 25.2. The maximum Gasteiger partial charge on any atom is 0.260 e. The second kappa shape index (κ2) is 6.97. The van der Waals surface area contributed by atoms with Gasteiger partial charge in [0.15, 0.2) is 10.9 Å². The summed E-state index contributed by atoms with van der Waals surface area (Å²) < 4.78 is 1.72. The zero-order valence-corrected chi connectivity index (χ0v) is 15.6. The van der Waals surface area contributed by atoms with Crippen molar-refractivity contribution in [2.24, 2.45) is 0 Å². The van der Waals surface area contributed by atoms with Crippen LogP contribution >= 0.6 is 11.3 Å². The highest BCUT2D eigenvalue weighted by molar-refractivity contribution is 7.15. The Morgan fingerprint density at radius 3 is 3.04 bits per heavy atom. The SMILES string of the molecule is CCc1c(C(=O)Nc2nc3c(s2)CN(C)CC3)cnn1-c1ccccn1. The molecule has 0 fully saturated rings. The first-order valence-corrected chi connectivity index (χ1v) is 9.44. The van der Waals surface area contributed by atoms with Crippen LogP contribution in [0, 0.1) is 0 Å². The Balaban J connectivity index is 1.58. The van der Waals surface area contributed by atoms with Crippen LogP contribution in [-0.4, -0.2) is 44.1 Å². The molecule has 0 saturated heterocycles. The van der Waals surface area contributed by atoms with E-state index >= 15 is 0 Å². The predicted octanol–water partition coefficient (Wildman–Crippen LogP) is 2.53. The van der Waals surface area contributed by atoms with E-state index in [0.29, 0.717) is 22.9 Å².